The number of fused-ring (bicyclic) bond motifs is 1. The first-order valence-corrected chi connectivity index (χ1v) is 17.6. The SMILES string of the molecule is Cc1cccc(Cl)c1CN1CCc2cc(-c3c(C)nc(C)c([C@H](OC(C)(C)C)C(=O)OC(C)C)c3N3CCC(C)(C)CC3)ccc2C1. The summed E-state index contributed by atoms with van der Waals surface area (Å²) in [4.78, 5) is 23.9. The van der Waals surface area contributed by atoms with Crippen LogP contribution in [0.25, 0.3) is 11.1 Å². The van der Waals surface area contributed by atoms with Crippen molar-refractivity contribution < 1.29 is 14.3 Å². The molecular weight excluding hydrogens is 606 g/mol. The number of ether oxygens (including phenoxy) is 2. The van der Waals surface area contributed by atoms with Crippen molar-refractivity contribution in [2.45, 2.75) is 119 Å². The number of hydrogen-bond acceptors (Lipinski definition) is 6. The van der Waals surface area contributed by atoms with Crippen molar-refractivity contribution in [3.8, 4) is 11.1 Å². The van der Waals surface area contributed by atoms with Crippen LogP contribution in [0.3, 0.4) is 0 Å². The number of anilines is 1. The predicted molar refractivity (Wildman–Crippen MR) is 193 cm³/mol. The summed E-state index contributed by atoms with van der Waals surface area (Å²) in [6, 6.07) is 13.0. The second-order valence-corrected chi connectivity index (χ2v) is 16.1. The summed E-state index contributed by atoms with van der Waals surface area (Å²) in [5, 5.41) is 0.837. The minimum Gasteiger partial charge on any atom is -0.461 e. The van der Waals surface area contributed by atoms with Gasteiger partial charge in [0.2, 0.25) is 0 Å². The molecule has 1 aromatic heterocycles. The van der Waals surface area contributed by atoms with Crippen molar-refractivity contribution in [1.29, 1.82) is 0 Å². The molecule has 1 atom stereocenters. The van der Waals surface area contributed by atoms with E-state index in [1.807, 2.05) is 53.7 Å². The number of aryl methyl sites for hydroxylation is 3. The molecule has 0 amide bonds. The van der Waals surface area contributed by atoms with Gasteiger partial charge in [-0.05, 0) is 114 Å². The number of carbonyl (C=O) groups is 1. The number of hydrogen-bond donors (Lipinski definition) is 0. The molecule has 0 N–H and O–H groups in total. The first-order chi connectivity index (χ1) is 22.0. The number of pyridine rings is 1. The van der Waals surface area contributed by atoms with Gasteiger partial charge < -0.3 is 14.4 Å². The van der Waals surface area contributed by atoms with Crippen LogP contribution in [-0.2, 0) is 33.8 Å². The highest BCUT2D eigenvalue weighted by molar-refractivity contribution is 6.31. The van der Waals surface area contributed by atoms with Crippen LogP contribution in [0.2, 0.25) is 5.02 Å². The van der Waals surface area contributed by atoms with Gasteiger partial charge in [0.05, 0.1) is 17.4 Å². The molecule has 2 aliphatic rings. The van der Waals surface area contributed by atoms with E-state index in [1.54, 1.807) is 0 Å². The first-order valence-electron chi connectivity index (χ1n) is 17.3. The lowest BCUT2D eigenvalue weighted by molar-refractivity contribution is -0.171. The topological polar surface area (TPSA) is 54.9 Å². The van der Waals surface area contributed by atoms with Crippen molar-refractivity contribution in [2.24, 2.45) is 5.41 Å². The van der Waals surface area contributed by atoms with E-state index in [4.69, 9.17) is 26.1 Å². The number of halogens is 1. The molecule has 2 aliphatic heterocycles. The van der Waals surface area contributed by atoms with Crippen LogP contribution in [0.4, 0.5) is 5.69 Å². The van der Waals surface area contributed by atoms with E-state index < -0.39 is 11.7 Å². The molecular formula is C40H54ClN3O3. The van der Waals surface area contributed by atoms with E-state index in [9.17, 15) is 4.79 Å². The first kappa shape index (κ1) is 35.4. The highest BCUT2D eigenvalue weighted by atomic mass is 35.5. The number of benzene rings is 2. The Labute approximate surface area is 287 Å². The maximum atomic E-state index is 13.8. The van der Waals surface area contributed by atoms with E-state index in [0.717, 1.165) is 90.8 Å². The summed E-state index contributed by atoms with van der Waals surface area (Å²) in [6.45, 7) is 25.2. The normalized spacial score (nSPS) is 17.5. The highest BCUT2D eigenvalue weighted by Crippen LogP contribution is 2.45. The quantitative estimate of drug-likeness (QED) is 0.225. The minimum absolute atomic E-state index is 0.256. The average Bonchev–Trinajstić information content (AvgIpc) is 2.97. The molecule has 0 unspecified atom stereocenters. The molecule has 0 radical (unpaired) electrons. The lowest BCUT2D eigenvalue weighted by Gasteiger charge is -2.41. The minimum atomic E-state index is -0.895. The van der Waals surface area contributed by atoms with Gasteiger partial charge in [-0.3, -0.25) is 9.88 Å². The Kier molecular flexibility index (Phi) is 10.5. The van der Waals surface area contributed by atoms with Crippen LogP contribution in [0.5, 0.6) is 0 Å². The van der Waals surface area contributed by atoms with Gasteiger partial charge in [-0.2, -0.15) is 0 Å². The number of piperidine rings is 1. The molecule has 7 heteroatoms. The van der Waals surface area contributed by atoms with E-state index in [0.29, 0.717) is 0 Å². The summed E-state index contributed by atoms with van der Waals surface area (Å²) in [5.41, 5.74) is 10.7. The summed E-state index contributed by atoms with van der Waals surface area (Å²) in [5.74, 6) is -0.368. The van der Waals surface area contributed by atoms with Crippen LogP contribution in [-0.4, -0.2) is 47.2 Å². The Morgan fingerprint density at radius 1 is 1.00 bits per heavy atom. The second kappa shape index (κ2) is 13.9. The number of nitrogens with zero attached hydrogens (tertiary/aromatic N) is 3. The zero-order chi connectivity index (χ0) is 34.3. The maximum absolute atomic E-state index is 13.8. The molecule has 0 spiro atoms. The maximum Gasteiger partial charge on any atom is 0.340 e. The summed E-state index contributed by atoms with van der Waals surface area (Å²) < 4.78 is 12.4. The molecule has 47 heavy (non-hydrogen) atoms. The van der Waals surface area contributed by atoms with Gasteiger partial charge in [-0.25, -0.2) is 4.79 Å². The number of aromatic nitrogens is 1. The molecule has 5 rings (SSSR count). The molecule has 0 bridgehead atoms. The van der Waals surface area contributed by atoms with Gasteiger partial charge in [0.25, 0.3) is 0 Å². The molecule has 1 saturated heterocycles. The van der Waals surface area contributed by atoms with Gasteiger partial charge in [0.1, 0.15) is 0 Å². The lowest BCUT2D eigenvalue weighted by Crippen LogP contribution is -2.39. The Morgan fingerprint density at radius 3 is 2.34 bits per heavy atom. The van der Waals surface area contributed by atoms with E-state index in [-0.39, 0.29) is 17.5 Å². The summed E-state index contributed by atoms with van der Waals surface area (Å²) >= 11 is 6.60. The van der Waals surface area contributed by atoms with Crippen LogP contribution in [0.1, 0.15) is 107 Å². The molecule has 3 heterocycles. The van der Waals surface area contributed by atoms with Crippen LogP contribution in [0, 0.1) is 26.2 Å². The standard InChI is InChI=1S/C40H54ClN3O3/c1-25(2)46-38(45)37(47-39(6,7)8)35-28(5)42-27(4)34(36(35)44-20-17-40(9,10)18-21-44)30-14-15-31-23-43(19-16-29(31)22-30)24-32-26(3)12-11-13-33(32)41/h11-15,22,25,37H,16-21,23-24H2,1-10H3/t37-/m0/s1. The molecule has 0 saturated carbocycles. The van der Waals surface area contributed by atoms with Gasteiger partial charge in [-0.15, -0.1) is 0 Å². The van der Waals surface area contributed by atoms with Gasteiger partial charge in [-0.1, -0.05) is 55.8 Å². The van der Waals surface area contributed by atoms with Crippen molar-refractivity contribution in [3.63, 3.8) is 0 Å². The molecule has 6 nitrogen and oxygen atoms in total. The fourth-order valence-electron chi connectivity index (χ4n) is 7.03. The number of esters is 1. The fourth-order valence-corrected chi connectivity index (χ4v) is 7.31. The van der Waals surface area contributed by atoms with E-state index in [1.165, 1.54) is 22.3 Å². The largest absolute Gasteiger partial charge is 0.461 e. The third-order valence-corrected chi connectivity index (χ3v) is 9.99. The summed E-state index contributed by atoms with van der Waals surface area (Å²) in [6.07, 6.45) is 1.94. The third kappa shape index (κ3) is 8.21. The smallest absolute Gasteiger partial charge is 0.340 e. The Balaban J connectivity index is 1.60. The highest BCUT2D eigenvalue weighted by Gasteiger charge is 2.38. The zero-order valence-corrected chi connectivity index (χ0v) is 31.0. The predicted octanol–water partition coefficient (Wildman–Crippen LogP) is 9.32. The van der Waals surface area contributed by atoms with E-state index >= 15 is 0 Å². The van der Waals surface area contributed by atoms with Crippen molar-refractivity contribution in [1.82, 2.24) is 9.88 Å². The van der Waals surface area contributed by atoms with Crippen molar-refractivity contribution >= 4 is 23.3 Å². The monoisotopic (exact) mass is 659 g/mol. The Morgan fingerprint density at radius 2 is 1.70 bits per heavy atom. The van der Waals surface area contributed by atoms with Gasteiger partial charge in [0, 0.05) is 60.3 Å². The van der Waals surface area contributed by atoms with Crippen LogP contribution in [0.15, 0.2) is 36.4 Å². The number of carbonyl (C=O) groups excluding carboxylic acids is 1. The zero-order valence-electron chi connectivity index (χ0n) is 30.2. The van der Waals surface area contributed by atoms with E-state index in [2.05, 4.69) is 61.8 Å². The van der Waals surface area contributed by atoms with Crippen molar-refractivity contribution in [3.05, 3.63) is 80.6 Å². The number of rotatable bonds is 8. The molecule has 254 valence electrons. The molecule has 2 aromatic carbocycles. The van der Waals surface area contributed by atoms with Crippen LogP contribution >= 0.6 is 11.6 Å². The van der Waals surface area contributed by atoms with Gasteiger partial charge in [0.15, 0.2) is 6.10 Å². The Bertz CT molecular complexity index is 1590. The fraction of sp³-hybridized carbons (Fsp3) is 0.550. The van der Waals surface area contributed by atoms with Gasteiger partial charge >= 0.3 is 5.97 Å². The summed E-state index contributed by atoms with van der Waals surface area (Å²) in [7, 11) is 0. The van der Waals surface area contributed by atoms with Crippen LogP contribution < -0.4 is 4.90 Å². The molecule has 3 aromatic rings. The average molecular weight is 660 g/mol. The van der Waals surface area contributed by atoms with Crippen molar-refractivity contribution in [2.75, 3.05) is 24.5 Å². The Hall–Kier alpha value is -2.93. The molecule has 1 fully saturated rings. The second-order valence-electron chi connectivity index (χ2n) is 15.6. The molecule has 0 aliphatic carbocycles. The third-order valence-electron chi connectivity index (χ3n) is 9.63. The lowest BCUT2D eigenvalue weighted by atomic mass is 9.81.